The van der Waals surface area contributed by atoms with Crippen LogP contribution in [0.1, 0.15) is 37.0 Å². The van der Waals surface area contributed by atoms with E-state index in [-0.39, 0.29) is 30.4 Å². The van der Waals surface area contributed by atoms with E-state index in [4.69, 9.17) is 0 Å². The highest BCUT2D eigenvalue weighted by Gasteiger charge is 2.34. The lowest BCUT2D eigenvalue weighted by molar-refractivity contribution is -0.384. The predicted octanol–water partition coefficient (Wildman–Crippen LogP) is 4.36. The van der Waals surface area contributed by atoms with E-state index in [1.807, 2.05) is 44.2 Å². The van der Waals surface area contributed by atoms with Crippen molar-refractivity contribution in [1.29, 1.82) is 0 Å². The lowest BCUT2D eigenvalue weighted by atomic mass is 10.0. The molecule has 3 aromatic carbocycles. The minimum Gasteiger partial charge on any atom is -0.352 e. The number of hydrogen-bond donors (Lipinski definition) is 1. The number of carbonyl (C=O) groups is 2. The zero-order valence-electron chi connectivity index (χ0n) is 24.0. The first-order valence-corrected chi connectivity index (χ1v) is 15.3. The number of hydrogen-bond acceptors (Lipinski definition) is 6. The summed E-state index contributed by atoms with van der Waals surface area (Å²) in [6.07, 6.45) is 1.67. The zero-order valence-corrected chi connectivity index (χ0v) is 24.8. The van der Waals surface area contributed by atoms with Gasteiger partial charge in [0.2, 0.25) is 21.8 Å². The maximum atomic E-state index is 14.1. The first kappa shape index (κ1) is 32.2. The van der Waals surface area contributed by atoms with Gasteiger partial charge in [0.1, 0.15) is 18.4 Å². The monoisotopic (exact) mass is 598 g/mol. The Morgan fingerprint density at radius 3 is 2.24 bits per heavy atom. The van der Waals surface area contributed by atoms with Crippen molar-refractivity contribution in [2.75, 3.05) is 17.1 Å². The number of benzene rings is 3. The summed E-state index contributed by atoms with van der Waals surface area (Å²) in [4.78, 5) is 39.8. The molecule has 0 aromatic heterocycles. The van der Waals surface area contributed by atoms with E-state index in [0.29, 0.717) is 17.5 Å². The number of carbonyl (C=O) groups excluding carboxylic acids is 2. The molecule has 0 saturated carbocycles. The minimum atomic E-state index is -4.10. The van der Waals surface area contributed by atoms with Crippen LogP contribution in [0.15, 0.2) is 72.8 Å². The molecule has 0 fully saturated rings. The first-order chi connectivity index (χ1) is 19.8. The molecule has 3 rings (SSSR count). The normalized spacial score (nSPS) is 12.7. The Kier molecular flexibility index (Phi) is 10.8. The van der Waals surface area contributed by atoms with Crippen molar-refractivity contribution in [3.05, 3.63) is 105 Å². The molecule has 224 valence electrons. The minimum absolute atomic E-state index is 0.0227. The number of nitro groups is 1. The van der Waals surface area contributed by atoms with Crippen LogP contribution in [0.2, 0.25) is 0 Å². The highest BCUT2D eigenvalue weighted by molar-refractivity contribution is 7.92. The van der Waals surface area contributed by atoms with Gasteiger partial charge in [0, 0.05) is 31.1 Å². The van der Waals surface area contributed by atoms with Gasteiger partial charge in [-0.25, -0.2) is 12.8 Å². The number of anilines is 1. The Morgan fingerprint density at radius 2 is 1.67 bits per heavy atom. The number of sulfonamides is 1. The molecule has 0 aliphatic rings. The second-order valence-corrected chi connectivity index (χ2v) is 12.1. The van der Waals surface area contributed by atoms with E-state index in [1.54, 1.807) is 6.92 Å². The molecule has 0 heterocycles. The van der Waals surface area contributed by atoms with Crippen molar-refractivity contribution in [2.24, 2.45) is 0 Å². The average Bonchev–Trinajstić information content (AvgIpc) is 2.94. The van der Waals surface area contributed by atoms with Crippen LogP contribution in [0.25, 0.3) is 0 Å². The van der Waals surface area contributed by atoms with Crippen molar-refractivity contribution < 1.29 is 27.3 Å². The molecule has 2 amide bonds. The van der Waals surface area contributed by atoms with Crippen molar-refractivity contribution in [2.45, 2.75) is 52.2 Å². The van der Waals surface area contributed by atoms with Gasteiger partial charge in [-0.1, -0.05) is 55.5 Å². The number of rotatable bonds is 13. The van der Waals surface area contributed by atoms with Gasteiger partial charge in [0.25, 0.3) is 5.69 Å². The summed E-state index contributed by atoms with van der Waals surface area (Å²) >= 11 is 0. The number of aryl methyl sites for hydroxylation is 1. The Bertz CT molecular complexity index is 1520. The summed E-state index contributed by atoms with van der Waals surface area (Å²) in [6.45, 7) is 4.49. The molecule has 2 atom stereocenters. The van der Waals surface area contributed by atoms with Crippen LogP contribution in [-0.2, 0) is 32.6 Å². The standard InChI is InChI=1S/C30H35FN4O6S/c1-5-22(3)32-30(37)28(17-23-9-7-6-8-10-23)33(19-24-12-14-25(31)15-13-24)29(36)20-34(42(4,40)41)27-18-26(35(38)39)16-11-21(27)2/h6-16,18,22,28H,5,17,19-20H2,1-4H3,(H,32,37). The van der Waals surface area contributed by atoms with Gasteiger partial charge in [-0.3, -0.25) is 24.0 Å². The lowest BCUT2D eigenvalue weighted by Gasteiger charge is -2.34. The third-order valence-corrected chi connectivity index (χ3v) is 8.02. The molecule has 3 aromatic rings. The zero-order chi connectivity index (χ0) is 31.0. The molecule has 12 heteroatoms. The number of halogens is 1. The van der Waals surface area contributed by atoms with Crippen LogP contribution in [0.5, 0.6) is 0 Å². The molecule has 2 unspecified atom stereocenters. The second kappa shape index (κ2) is 14.0. The van der Waals surface area contributed by atoms with Crippen molar-refractivity contribution in [1.82, 2.24) is 10.2 Å². The van der Waals surface area contributed by atoms with Gasteiger partial charge in [-0.2, -0.15) is 0 Å². The summed E-state index contributed by atoms with van der Waals surface area (Å²) in [7, 11) is -4.10. The molecule has 42 heavy (non-hydrogen) atoms. The third kappa shape index (κ3) is 8.59. The van der Waals surface area contributed by atoms with Crippen LogP contribution < -0.4 is 9.62 Å². The van der Waals surface area contributed by atoms with Crippen LogP contribution >= 0.6 is 0 Å². The molecule has 0 spiro atoms. The van der Waals surface area contributed by atoms with Crippen LogP contribution in [0.4, 0.5) is 15.8 Å². The smallest absolute Gasteiger partial charge is 0.271 e. The van der Waals surface area contributed by atoms with Crippen LogP contribution in [0.3, 0.4) is 0 Å². The molecular weight excluding hydrogens is 563 g/mol. The number of nitrogens with zero attached hydrogens (tertiary/aromatic N) is 3. The van der Waals surface area contributed by atoms with Crippen molar-refractivity contribution >= 4 is 33.2 Å². The SMILES string of the molecule is CCC(C)NC(=O)C(Cc1ccccc1)N(Cc1ccc(F)cc1)C(=O)CN(c1cc([N+](=O)[O-])ccc1C)S(C)(=O)=O. The summed E-state index contributed by atoms with van der Waals surface area (Å²) in [6, 6.07) is 17.0. The van der Waals surface area contributed by atoms with E-state index in [1.165, 1.54) is 41.3 Å². The third-order valence-electron chi connectivity index (χ3n) is 6.89. The summed E-state index contributed by atoms with van der Waals surface area (Å²) < 4.78 is 40.4. The predicted molar refractivity (Wildman–Crippen MR) is 159 cm³/mol. The molecular formula is C30H35FN4O6S. The molecule has 0 bridgehead atoms. The van der Waals surface area contributed by atoms with E-state index in [0.717, 1.165) is 22.2 Å². The van der Waals surface area contributed by atoms with Crippen molar-refractivity contribution in [3.63, 3.8) is 0 Å². The number of non-ortho nitro benzene ring substituents is 1. The lowest BCUT2D eigenvalue weighted by Crippen LogP contribution is -2.54. The fourth-order valence-electron chi connectivity index (χ4n) is 4.36. The topological polar surface area (TPSA) is 130 Å². The first-order valence-electron chi connectivity index (χ1n) is 13.4. The summed E-state index contributed by atoms with van der Waals surface area (Å²) in [5.41, 5.74) is 1.34. The van der Waals surface area contributed by atoms with E-state index in [9.17, 15) is 32.5 Å². The summed E-state index contributed by atoms with van der Waals surface area (Å²) in [5.74, 6) is -1.62. The number of nitro benzene ring substituents is 1. The molecule has 10 nitrogen and oxygen atoms in total. The molecule has 0 radical (unpaired) electrons. The van der Waals surface area contributed by atoms with Crippen molar-refractivity contribution in [3.8, 4) is 0 Å². The molecule has 0 aliphatic carbocycles. The number of amides is 2. The molecule has 0 aliphatic heterocycles. The van der Waals surface area contributed by atoms with Crippen LogP contribution in [-0.4, -0.2) is 54.9 Å². The van der Waals surface area contributed by atoms with E-state index >= 15 is 0 Å². The van der Waals surface area contributed by atoms with E-state index in [2.05, 4.69) is 5.32 Å². The van der Waals surface area contributed by atoms with E-state index < -0.39 is 45.2 Å². The van der Waals surface area contributed by atoms with Crippen LogP contribution in [0, 0.1) is 22.9 Å². The average molecular weight is 599 g/mol. The van der Waals surface area contributed by atoms with Gasteiger partial charge in [0.05, 0.1) is 16.9 Å². The largest absolute Gasteiger partial charge is 0.352 e. The highest BCUT2D eigenvalue weighted by atomic mass is 32.2. The Balaban J connectivity index is 2.10. The van der Waals surface area contributed by atoms with Gasteiger partial charge >= 0.3 is 0 Å². The molecule has 1 N–H and O–H groups in total. The van der Waals surface area contributed by atoms with Gasteiger partial charge in [-0.05, 0) is 49.1 Å². The number of nitrogens with one attached hydrogen (secondary N) is 1. The Morgan fingerprint density at radius 1 is 1.02 bits per heavy atom. The van der Waals surface area contributed by atoms with Gasteiger partial charge < -0.3 is 10.2 Å². The fraction of sp³-hybridized carbons (Fsp3) is 0.333. The quantitative estimate of drug-likeness (QED) is 0.230. The molecule has 0 saturated heterocycles. The van der Waals surface area contributed by atoms with Gasteiger partial charge in [0.15, 0.2) is 0 Å². The van der Waals surface area contributed by atoms with Gasteiger partial charge in [-0.15, -0.1) is 0 Å². The Hall–Kier alpha value is -4.32. The fourth-order valence-corrected chi connectivity index (χ4v) is 5.26. The maximum Gasteiger partial charge on any atom is 0.271 e. The summed E-state index contributed by atoms with van der Waals surface area (Å²) in [5, 5.41) is 14.4. The Labute approximate surface area is 245 Å². The highest BCUT2D eigenvalue weighted by Crippen LogP contribution is 2.28. The maximum absolute atomic E-state index is 14.1. The second-order valence-electron chi connectivity index (χ2n) is 10.2.